The molecule has 2 aromatic heterocycles. The van der Waals surface area contributed by atoms with Crippen LogP contribution < -0.4 is 10.1 Å². The quantitative estimate of drug-likeness (QED) is 0.700. The number of nitrogens with one attached hydrogen (secondary N) is 1. The SMILES string of the molecule is CC1(C)O[C@@H]2[C@H](S1)[C@@H](Nc1cncc(C(F)(F)F)n1)[C@H]1OC[C@]2(COc2cnccn2)O1. The van der Waals surface area contributed by atoms with Gasteiger partial charge in [0, 0.05) is 12.4 Å². The van der Waals surface area contributed by atoms with E-state index in [1.165, 1.54) is 18.6 Å². The van der Waals surface area contributed by atoms with Crippen molar-refractivity contribution in [3.05, 3.63) is 36.7 Å². The molecule has 2 bridgehead atoms. The second-order valence-electron chi connectivity index (χ2n) is 8.17. The van der Waals surface area contributed by atoms with Crippen molar-refractivity contribution < 1.29 is 32.1 Å². The lowest BCUT2D eigenvalue weighted by Crippen LogP contribution is -2.62. The van der Waals surface area contributed by atoms with E-state index in [0.717, 1.165) is 0 Å². The van der Waals surface area contributed by atoms with E-state index < -0.39 is 40.8 Å². The van der Waals surface area contributed by atoms with Gasteiger partial charge in [-0.2, -0.15) is 13.2 Å². The Hall–Kier alpha value is -2.22. The summed E-state index contributed by atoms with van der Waals surface area (Å²) in [6, 6.07) is -0.517. The number of ether oxygens (including phenoxy) is 4. The van der Waals surface area contributed by atoms with Crippen molar-refractivity contribution in [3.8, 4) is 5.88 Å². The third-order valence-corrected chi connectivity index (χ3v) is 6.86. The molecule has 0 aliphatic carbocycles. The minimum absolute atomic E-state index is 0.0173. The van der Waals surface area contributed by atoms with Crippen LogP contribution in [-0.4, -0.2) is 67.4 Å². The Morgan fingerprint density at radius 1 is 1.19 bits per heavy atom. The van der Waals surface area contributed by atoms with E-state index in [-0.39, 0.29) is 24.3 Å². The number of hydrogen-bond acceptors (Lipinski definition) is 10. The van der Waals surface area contributed by atoms with Gasteiger partial charge in [0.15, 0.2) is 17.6 Å². The molecule has 0 radical (unpaired) electrons. The molecule has 0 spiro atoms. The lowest BCUT2D eigenvalue weighted by Gasteiger charge is -2.42. The Kier molecular flexibility index (Phi) is 5.19. The Balaban J connectivity index is 1.39. The predicted octanol–water partition coefficient (Wildman–Crippen LogP) is 2.51. The number of halogens is 3. The Morgan fingerprint density at radius 3 is 2.78 bits per heavy atom. The van der Waals surface area contributed by atoms with Crippen LogP contribution >= 0.6 is 11.8 Å². The molecule has 0 saturated carbocycles. The summed E-state index contributed by atoms with van der Waals surface area (Å²) in [7, 11) is 0. The lowest BCUT2D eigenvalue weighted by atomic mass is 9.90. The highest BCUT2D eigenvalue weighted by Gasteiger charge is 2.65. The van der Waals surface area contributed by atoms with E-state index >= 15 is 0 Å². The zero-order valence-electron chi connectivity index (χ0n) is 17.1. The van der Waals surface area contributed by atoms with Crippen LogP contribution in [0.3, 0.4) is 0 Å². The molecular formula is C19H20F3N5O4S. The van der Waals surface area contributed by atoms with Crippen LogP contribution in [0, 0.1) is 0 Å². The first-order valence-corrected chi connectivity index (χ1v) is 10.7. The maximum Gasteiger partial charge on any atom is 0.434 e. The fourth-order valence-electron chi connectivity index (χ4n) is 4.07. The van der Waals surface area contributed by atoms with Gasteiger partial charge in [0.25, 0.3) is 0 Å². The highest BCUT2D eigenvalue weighted by Crippen LogP contribution is 2.53. The van der Waals surface area contributed by atoms with E-state index in [4.69, 9.17) is 18.9 Å². The van der Waals surface area contributed by atoms with Gasteiger partial charge in [-0.1, -0.05) is 0 Å². The molecule has 3 aliphatic rings. The van der Waals surface area contributed by atoms with Crippen molar-refractivity contribution in [2.75, 3.05) is 18.5 Å². The number of anilines is 1. The van der Waals surface area contributed by atoms with Crippen LogP contribution in [0.4, 0.5) is 19.0 Å². The number of aromatic nitrogens is 4. The Bertz CT molecular complexity index is 985. The summed E-state index contributed by atoms with van der Waals surface area (Å²) >= 11 is 1.56. The maximum atomic E-state index is 13.1. The van der Waals surface area contributed by atoms with Crippen LogP contribution in [0.15, 0.2) is 31.0 Å². The molecule has 1 N–H and O–H groups in total. The van der Waals surface area contributed by atoms with Gasteiger partial charge in [0.2, 0.25) is 5.88 Å². The molecule has 5 rings (SSSR count). The number of nitrogens with zero attached hydrogens (tertiary/aromatic N) is 4. The minimum Gasteiger partial charge on any atom is -0.473 e. The monoisotopic (exact) mass is 471 g/mol. The van der Waals surface area contributed by atoms with Gasteiger partial charge in [-0.3, -0.25) is 9.97 Å². The molecule has 5 atom stereocenters. The average molecular weight is 471 g/mol. The van der Waals surface area contributed by atoms with Crippen molar-refractivity contribution in [2.45, 2.75) is 54.2 Å². The number of thioether (sulfide) groups is 1. The second kappa shape index (κ2) is 7.68. The van der Waals surface area contributed by atoms with Gasteiger partial charge in [-0.15, -0.1) is 11.8 Å². The molecule has 0 unspecified atom stereocenters. The van der Waals surface area contributed by atoms with Crippen molar-refractivity contribution in [1.82, 2.24) is 19.9 Å². The van der Waals surface area contributed by atoms with Crippen LogP contribution in [0.2, 0.25) is 0 Å². The molecule has 0 aromatic carbocycles. The van der Waals surface area contributed by atoms with E-state index in [1.54, 1.807) is 18.0 Å². The highest BCUT2D eigenvalue weighted by molar-refractivity contribution is 8.01. The molecule has 13 heteroatoms. The molecule has 2 aromatic rings. The molecule has 3 aliphatic heterocycles. The zero-order valence-corrected chi connectivity index (χ0v) is 17.9. The molecule has 3 fully saturated rings. The van der Waals surface area contributed by atoms with Crippen LogP contribution in [0.25, 0.3) is 0 Å². The average Bonchev–Trinajstić information content (AvgIpc) is 3.30. The Labute approximate surface area is 185 Å². The van der Waals surface area contributed by atoms with Gasteiger partial charge < -0.3 is 24.3 Å². The molecule has 5 heterocycles. The molecule has 172 valence electrons. The predicted molar refractivity (Wildman–Crippen MR) is 106 cm³/mol. The first kappa shape index (κ1) is 21.6. The molecular weight excluding hydrogens is 451 g/mol. The van der Waals surface area contributed by atoms with Crippen LogP contribution in [-0.2, 0) is 20.4 Å². The van der Waals surface area contributed by atoms with Gasteiger partial charge in [0.05, 0.1) is 36.5 Å². The number of rotatable bonds is 5. The molecule has 3 saturated heterocycles. The number of hydrogen-bond donors (Lipinski definition) is 1. The van der Waals surface area contributed by atoms with Crippen LogP contribution in [0.5, 0.6) is 5.88 Å². The van der Waals surface area contributed by atoms with Crippen LogP contribution in [0.1, 0.15) is 19.5 Å². The van der Waals surface area contributed by atoms with Gasteiger partial charge in [0.1, 0.15) is 23.5 Å². The summed E-state index contributed by atoms with van der Waals surface area (Å²) < 4.78 is 63.4. The molecule has 9 nitrogen and oxygen atoms in total. The number of alkyl halides is 3. The summed E-state index contributed by atoms with van der Waals surface area (Å²) in [5.41, 5.74) is -1.98. The van der Waals surface area contributed by atoms with Gasteiger partial charge in [-0.05, 0) is 13.8 Å². The fourth-order valence-corrected chi connectivity index (χ4v) is 5.65. The lowest BCUT2D eigenvalue weighted by molar-refractivity contribution is -0.199. The summed E-state index contributed by atoms with van der Waals surface area (Å²) in [5.74, 6) is 0.325. The zero-order chi connectivity index (χ0) is 22.6. The maximum absolute atomic E-state index is 13.1. The van der Waals surface area contributed by atoms with Gasteiger partial charge >= 0.3 is 6.18 Å². The van der Waals surface area contributed by atoms with Gasteiger partial charge in [-0.25, -0.2) is 9.97 Å². The van der Waals surface area contributed by atoms with Crippen molar-refractivity contribution in [3.63, 3.8) is 0 Å². The van der Waals surface area contributed by atoms with E-state index in [2.05, 4.69) is 25.3 Å². The van der Waals surface area contributed by atoms with E-state index in [1.807, 2.05) is 13.8 Å². The fraction of sp³-hybridized carbons (Fsp3) is 0.579. The summed E-state index contributed by atoms with van der Waals surface area (Å²) in [6.07, 6.45) is 0.700. The second-order valence-corrected chi connectivity index (χ2v) is 9.94. The van der Waals surface area contributed by atoms with Crippen molar-refractivity contribution in [1.29, 1.82) is 0 Å². The smallest absolute Gasteiger partial charge is 0.434 e. The summed E-state index contributed by atoms with van der Waals surface area (Å²) in [4.78, 5) is 14.9. The third-order valence-electron chi connectivity index (χ3n) is 5.38. The largest absolute Gasteiger partial charge is 0.473 e. The molecule has 32 heavy (non-hydrogen) atoms. The highest BCUT2D eigenvalue weighted by atomic mass is 32.2. The Morgan fingerprint density at radius 2 is 2.03 bits per heavy atom. The standard InChI is InChI=1S/C19H20F3N5O4S/c1-17(2)30-15-14(32-17)13(27-11-6-24-5-10(26-11)19(20,21)22)16-29-9-18(15,31-16)8-28-12-7-23-3-4-25-12/h3-7,13-16H,8-9H2,1-2H3,(H,26,27)/t13-,14-,15-,16+,18+/m1/s1. The first-order chi connectivity index (χ1) is 15.2. The van der Waals surface area contributed by atoms with Crippen molar-refractivity contribution in [2.24, 2.45) is 0 Å². The van der Waals surface area contributed by atoms with E-state index in [9.17, 15) is 13.2 Å². The molecule has 0 amide bonds. The summed E-state index contributed by atoms with van der Waals surface area (Å²) in [5, 5.41) is 2.83. The minimum atomic E-state index is -4.60. The van der Waals surface area contributed by atoms with E-state index in [0.29, 0.717) is 12.1 Å². The summed E-state index contributed by atoms with van der Waals surface area (Å²) in [6.45, 7) is 4.18. The third kappa shape index (κ3) is 3.98. The first-order valence-electron chi connectivity index (χ1n) is 9.85. The normalized spacial score (nSPS) is 33.0. The van der Waals surface area contributed by atoms with Crippen molar-refractivity contribution >= 4 is 17.6 Å². The topological polar surface area (TPSA) is 101 Å². The number of fused-ring (bicyclic) bond motifs is 4.